The van der Waals surface area contributed by atoms with Crippen LogP contribution in [0, 0.1) is 0 Å². The molecule has 2 atom stereocenters. The van der Waals surface area contributed by atoms with E-state index < -0.39 is 5.60 Å². The lowest BCUT2D eigenvalue weighted by Crippen LogP contribution is -2.36. The van der Waals surface area contributed by atoms with Crippen molar-refractivity contribution in [1.29, 1.82) is 0 Å². The number of benzene rings is 1. The molecule has 4 rings (SSSR count). The molecule has 28 heavy (non-hydrogen) atoms. The first kappa shape index (κ1) is 18.7. The van der Waals surface area contributed by atoms with Gasteiger partial charge in [0.2, 0.25) is 0 Å². The molecule has 1 aliphatic heterocycles. The summed E-state index contributed by atoms with van der Waals surface area (Å²) in [6.45, 7) is 6.85. The Bertz CT molecular complexity index is 934. The molecule has 0 bridgehead atoms. The number of pyridine rings is 1. The Balaban J connectivity index is 1.57. The van der Waals surface area contributed by atoms with Gasteiger partial charge in [0.15, 0.2) is 5.13 Å². The molecule has 0 radical (unpaired) electrons. The molecule has 1 aliphatic rings. The summed E-state index contributed by atoms with van der Waals surface area (Å²) in [5.74, 6) is 0.166. The third-order valence-corrected chi connectivity index (χ3v) is 5.67. The summed E-state index contributed by atoms with van der Waals surface area (Å²) in [7, 11) is 0. The van der Waals surface area contributed by atoms with Crippen molar-refractivity contribution in [3.63, 3.8) is 0 Å². The number of carbonyl (C=O) groups is 1. The van der Waals surface area contributed by atoms with Crippen molar-refractivity contribution in [2.75, 3.05) is 18.4 Å². The summed E-state index contributed by atoms with van der Waals surface area (Å²) >= 11 is 1.60. The van der Waals surface area contributed by atoms with Gasteiger partial charge in [-0.25, -0.2) is 9.78 Å². The zero-order chi connectivity index (χ0) is 19.7. The first-order chi connectivity index (χ1) is 13.4. The number of rotatable bonds is 3. The van der Waals surface area contributed by atoms with Gasteiger partial charge < -0.3 is 15.0 Å². The Labute approximate surface area is 168 Å². The van der Waals surface area contributed by atoms with E-state index in [4.69, 9.17) is 4.74 Å². The van der Waals surface area contributed by atoms with Gasteiger partial charge >= 0.3 is 6.09 Å². The molecule has 3 heterocycles. The van der Waals surface area contributed by atoms with Crippen LogP contribution in [0.25, 0.3) is 10.2 Å². The van der Waals surface area contributed by atoms with Crippen molar-refractivity contribution in [1.82, 2.24) is 14.9 Å². The van der Waals surface area contributed by atoms with Crippen molar-refractivity contribution < 1.29 is 9.53 Å². The average molecular weight is 397 g/mol. The maximum atomic E-state index is 12.6. The number of likely N-dealkylation sites (tertiary alicyclic amines) is 1. The van der Waals surface area contributed by atoms with Crippen molar-refractivity contribution in [3.8, 4) is 0 Å². The van der Waals surface area contributed by atoms with Gasteiger partial charge in [0, 0.05) is 25.2 Å². The predicted molar refractivity (Wildman–Crippen MR) is 112 cm³/mol. The Kier molecular flexibility index (Phi) is 4.93. The minimum atomic E-state index is -0.509. The van der Waals surface area contributed by atoms with Gasteiger partial charge in [0.05, 0.1) is 16.9 Å². The zero-order valence-corrected chi connectivity index (χ0v) is 17.1. The van der Waals surface area contributed by atoms with Gasteiger partial charge in [0.25, 0.3) is 0 Å². The minimum absolute atomic E-state index is 0.0587. The third-order valence-electron chi connectivity index (χ3n) is 4.70. The van der Waals surface area contributed by atoms with Crippen LogP contribution in [-0.4, -0.2) is 45.7 Å². The molecule has 0 unspecified atom stereocenters. The topological polar surface area (TPSA) is 67.3 Å². The minimum Gasteiger partial charge on any atom is -0.444 e. The van der Waals surface area contributed by atoms with E-state index in [1.165, 1.54) is 5.56 Å². The lowest BCUT2D eigenvalue weighted by atomic mass is 9.94. The van der Waals surface area contributed by atoms with Crippen LogP contribution in [0.3, 0.4) is 0 Å². The molecule has 1 amide bonds. The predicted octanol–water partition coefficient (Wildman–Crippen LogP) is 4.51. The lowest BCUT2D eigenvalue weighted by molar-refractivity contribution is 0.0291. The second kappa shape index (κ2) is 7.39. The highest BCUT2D eigenvalue weighted by molar-refractivity contribution is 7.22. The van der Waals surface area contributed by atoms with E-state index in [-0.39, 0.29) is 18.1 Å². The fraction of sp³-hybridized carbons (Fsp3) is 0.381. The monoisotopic (exact) mass is 396 g/mol. The molecule has 1 saturated heterocycles. The van der Waals surface area contributed by atoms with E-state index in [0.29, 0.717) is 13.1 Å². The summed E-state index contributed by atoms with van der Waals surface area (Å²) in [5.41, 5.74) is 1.58. The van der Waals surface area contributed by atoms with Gasteiger partial charge in [-0.05, 0) is 32.4 Å². The molecule has 2 aromatic heterocycles. The summed E-state index contributed by atoms with van der Waals surface area (Å²) < 4.78 is 6.68. The van der Waals surface area contributed by atoms with Crippen LogP contribution in [-0.2, 0) is 4.74 Å². The smallest absolute Gasteiger partial charge is 0.410 e. The second-order valence-electron chi connectivity index (χ2n) is 8.02. The highest BCUT2D eigenvalue weighted by Gasteiger charge is 2.38. The van der Waals surface area contributed by atoms with Crippen LogP contribution >= 0.6 is 11.3 Å². The van der Waals surface area contributed by atoms with Gasteiger partial charge in [-0.1, -0.05) is 41.7 Å². The van der Waals surface area contributed by atoms with Crippen LogP contribution in [0.2, 0.25) is 0 Å². The van der Waals surface area contributed by atoms with Crippen LogP contribution in [0.5, 0.6) is 0 Å². The third kappa shape index (κ3) is 4.09. The Hall–Kier alpha value is -2.67. The summed E-state index contributed by atoms with van der Waals surface area (Å²) in [6.07, 6.45) is 3.27. The Morgan fingerprint density at radius 1 is 1.21 bits per heavy atom. The zero-order valence-electron chi connectivity index (χ0n) is 16.3. The number of amides is 1. The number of fused-ring (bicyclic) bond motifs is 1. The number of aromatic nitrogens is 2. The van der Waals surface area contributed by atoms with Crippen LogP contribution < -0.4 is 5.32 Å². The molecular weight excluding hydrogens is 372 g/mol. The molecular formula is C21H24N4O2S. The first-order valence-corrected chi connectivity index (χ1v) is 10.2. The molecule has 0 aliphatic carbocycles. The van der Waals surface area contributed by atoms with E-state index in [0.717, 1.165) is 15.3 Å². The number of thiazole rings is 1. The molecule has 146 valence electrons. The normalized spacial score (nSPS) is 19.8. The van der Waals surface area contributed by atoms with Gasteiger partial charge in [-0.15, -0.1) is 0 Å². The van der Waals surface area contributed by atoms with E-state index in [9.17, 15) is 4.79 Å². The number of carbonyl (C=O) groups excluding carboxylic acids is 1. The molecule has 6 nitrogen and oxygen atoms in total. The summed E-state index contributed by atoms with van der Waals surface area (Å²) in [4.78, 5) is 23.2. The summed E-state index contributed by atoms with van der Waals surface area (Å²) in [6, 6.07) is 12.3. The maximum absolute atomic E-state index is 12.6. The van der Waals surface area contributed by atoms with Crippen molar-refractivity contribution in [2.24, 2.45) is 0 Å². The number of nitrogens with zero attached hydrogens (tertiary/aromatic N) is 3. The number of ether oxygens (including phenoxy) is 1. The standard InChI is InChI=1S/C21H24N4O2S/c1-21(2,3)27-20(26)25-12-15(14-7-5-4-6-8-14)17(13-25)24-19-23-16-11-22-10-9-18(16)28-19/h4-11,15,17H,12-13H2,1-3H3,(H,23,24)/t15-,17+/m0/s1. The molecule has 1 N–H and O–H groups in total. The van der Waals surface area contributed by atoms with E-state index >= 15 is 0 Å². The van der Waals surface area contributed by atoms with Crippen LogP contribution in [0.15, 0.2) is 48.8 Å². The largest absolute Gasteiger partial charge is 0.444 e. The van der Waals surface area contributed by atoms with Crippen molar-refractivity contribution >= 4 is 32.8 Å². The highest BCUT2D eigenvalue weighted by Crippen LogP contribution is 2.33. The molecule has 0 spiro atoms. The number of hydrogen-bond donors (Lipinski definition) is 1. The first-order valence-electron chi connectivity index (χ1n) is 9.39. The van der Waals surface area contributed by atoms with E-state index in [1.54, 1.807) is 28.6 Å². The van der Waals surface area contributed by atoms with Crippen LogP contribution in [0.1, 0.15) is 32.3 Å². The quantitative estimate of drug-likeness (QED) is 0.706. The van der Waals surface area contributed by atoms with Gasteiger partial charge in [-0.2, -0.15) is 0 Å². The summed E-state index contributed by atoms with van der Waals surface area (Å²) in [5, 5.41) is 4.40. The SMILES string of the molecule is CC(C)(C)OC(=O)N1C[C@@H](Nc2nc3cnccc3s2)[C@H](c2ccccc2)C1. The van der Waals surface area contributed by atoms with E-state index in [2.05, 4.69) is 27.4 Å². The second-order valence-corrected chi connectivity index (χ2v) is 9.05. The Morgan fingerprint density at radius 3 is 2.71 bits per heavy atom. The number of anilines is 1. The fourth-order valence-corrected chi connectivity index (χ4v) is 4.36. The molecule has 0 saturated carbocycles. The molecule has 7 heteroatoms. The van der Waals surface area contributed by atoms with Crippen LogP contribution in [0.4, 0.5) is 9.93 Å². The highest BCUT2D eigenvalue weighted by atomic mass is 32.1. The van der Waals surface area contributed by atoms with Crippen molar-refractivity contribution in [3.05, 3.63) is 54.4 Å². The Morgan fingerprint density at radius 2 is 2.00 bits per heavy atom. The van der Waals surface area contributed by atoms with Gasteiger partial charge in [0.1, 0.15) is 11.1 Å². The molecule has 1 fully saturated rings. The molecule has 3 aromatic rings. The molecule has 1 aromatic carbocycles. The maximum Gasteiger partial charge on any atom is 0.410 e. The lowest BCUT2D eigenvalue weighted by Gasteiger charge is -2.24. The average Bonchev–Trinajstić information content (AvgIpc) is 3.25. The van der Waals surface area contributed by atoms with Gasteiger partial charge in [-0.3, -0.25) is 4.98 Å². The number of nitrogens with one attached hydrogen (secondary N) is 1. The number of hydrogen-bond acceptors (Lipinski definition) is 6. The van der Waals surface area contributed by atoms with Crippen molar-refractivity contribution in [2.45, 2.75) is 38.3 Å². The fourth-order valence-electron chi connectivity index (χ4n) is 3.46. The van der Waals surface area contributed by atoms with E-state index in [1.807, 2.05) is 45.0 Å².